The Bertz CT molecular complexity index is 963. The molecule has 0 aromatic heterocycles. The van der Waals surface area contributed by atoms with Gasteiger partial charge < -0.3 is 9.47 Å². The fourth-order valence-corrected chi connectivity index (χ4v) is 2.65. The first-order chi connectivity index (χ1) is 13.0. The van der Waals surface area contributed by atoms with Crippen LogP contribution >= 0.6 is 0 Å². The Balaban J connectivity index is 1.92. The fraction of sp³-hybridized carbons (Fsp3) is 0.200. The predicted octanol–water partition coefficient (Wildman–Crippen LogP) is 4.04. The van der Waals surface area contributed by atoms with Gasteiger partial charge in [-0.2, -0.15) is 0 Å². The Labute approximate surface area is 156 Å². The van der Waals surface area contributed by atoms with E-state index in [-0.39, 0.29) is 17.3 Å². The van der Waals surface area contributed by atoms with Crippen molar-refractivity contribution in [2.24, 2.45) is 4.99 Å². The number of aliphatic imine (C=N–C) groups is 1. The van der Waals surface area contributed by atoms with Gasteiger partial charge in [-0.25, -0.2) is 9.79 Å². The highest BCUT2D eigenvalue weighted by molar-refractivity contribution is 6.13. The van der Waals surface area contributed by atoms with Gasteiger partial charge in [-0.1, -0.05) is 25.1 Å². The predicted molar refractivity (Wildman–Crippen MR) is 101 cm³/mol. The minimum atomic E-state index is -0.601. The van der Waals surface area contributed by atoms with E-state index < -0.39 is 10.9 Å². The second-order valence-corrected chi connectivity index (χ2v) is 5.96. The summed E-state index contributed by atoms with van der Waals surface area (Å²) in [6, 6.07) is 11.9. The van der Waals surface area contributed by atoms with Crippen molar-refractivity contribution in [2.45, 2.75) is 20.3 Å². The number of esters is 1. The summed E-state index contributed by atoms with van der Waals surface area (Å²) < 4.78 is 10.8. The third-order valence-electron chi connectivity index (χ3n) is 3.99. The van der Waals surface area contributed by atoms with Crippen molar-refractivity contribution >= 4 is 23.6 Å². The third-order valence-corrected chi connectivity index (χ3v) is 3.99. The topological polar surface area (TPSA) is 91.0 Å². The molecule has 27 heavy (non-hydrogen) atoms. The van der Waals surface area contributed by atoms with Gasteiger partial charge >= 0.3 is 5.97 Å². The van der Waals surface area contributed by atoms with Crippen molar-refractivity contribution in [3.63, 3.8) is 0 Å². The van der Waals surface area contributed by atoms with Crippen molar-refractivity contribution < 1.29 is 19.2 Å². The molecule has 0 bridgehead atoms. The van der Waals surface area contributed by atoms with Crippen LogP contribution in [0, 0.1) is 17.0 Å². The molecule has 1 heterocycles. The smallest absolute Gasteiger partial charge is 0.363 e. The van der Waals surface area contributed by atoms with E-state index in [2.05, 4.69) is 4.99 Å². The molecular weight excluding hydrogens is 348 g/mol. The number of hydrogen-bond donors (Lipinski definition) is 0. The molecule has 7 heteroatoms. The molecule has 0 amide bonds. The zero-order chi connectivity index (χ0) is 19.4. The number of hydrogen-bond acceptors (Lipinski definition) is 6. The highest BCUT2D eigenvalue weighted by Crippen LogP contribution is 2.26. The molecule has 0 atom stereocenters. The molecule has 0 unspecified atom stereocenters. The van der Waals surface area contributed by atoms with Crippen LogP contribution in [0.5, 0.6) is 5.75 Å². The molecule has 2 aromatic carbocycles. The van der Waals surface area contributed by atoms with E-state index in [0.29, 0.717) is 23.5 Å². The van der Waals surface area contributed by atoms with Crippen molar-refractivity contribution in [3.8, 4) is 5.75 Å². The highest BCUT2D eigenvalue weighted by Gasteiger charge is 2.27. The van der Waals surface area contributed by atoms with E-state index >= 15 is 0 Å². The Morgan fingerprint density at radius 2 is 2.04 bits per heavy atom. The van der Waals surface area contributed by atoms with Crippen LogP contribution in [0.1, 0.15) is 30.0 Å². The zero-order valence-electron chi connectivity index (χ0n) is 15.0. The molecule has 0 saturated carbocycles. The molecule has 0 radical (unpaired) electrons. The maximum absolute atomic E-state index is 12.2. The Morgan fingerprint density at radius 3 is 2.78 bits per heavy atom. The molecular formula is C20H18N2O5. The van der Waals surface area contributed by atoms with Crippen LogP contribution in [-0.2, 0) is 9.53 Å². The van der Waals surface area contributed by atoms with Crippen molar-refractivity contribution in [1.29, 1.82) is 0 Å². The average Bonchev–Trinajstić information content (AvgIpc) is 3.00. The van der Waals surface area contributed by atoms with E-state index in [0.717, 1.165) is 12.0 Å². The number of rotatable bonds is 6. The van der Waals surface area contributed by atoms with Gasteiger partial charge in [-0.05, 0) is 43.2 Å². The summed E-state index contributed by atoms with van der Waals surface area (Å²) in [4.78, 5) is 27.0. The molecule has 0 saturated heterocycles. The lowest BCUT2D eigenvalue weighted by Gasteiger charge is -2.04. The summed E-state index contributed by atoms with van der Waals surface area (Å²) in [5, 5.41) is 11.1. The Hall–Kier alpha value is -3.48. The van der Waals surface area contributed by atoms with Crippen LogP contribution in [0.3, 0.4) is 0 Å². The van der Waals surface area contributed by atoms with E-state index in [1.165, 1.54) is 12.1 Å². The first-order valence-corrected chi connectivity index (χ1v) is 8.49. The molecule has 2 aromatic rings. The Kier molecular flexibility index (Phi) is 5.30. The second kappa shape index (κ2) is 7.82. The highest BCUT2D eigenvalue weighted by atomic mass is 16.6. The summed E-state index contributed by atoms with van der Waals surface area (Å²) in [5.41, 5.74) is 1.63. The second-order valence-electron chi connectivity index (χ2n) is 5.96. The molecule has 7 nitrogen and oxygen atoms in total. The lowest BCUT2D eigenvalue weighted by molar-refractivity contribution is -0.385. The summed E-state index contributed by atoms with van der Waals surface area (Å²) >= 11 is 0. The summed E-state index contributed by atoms with van der Waals surface area (Å²) in [6.07, 6.45) is 2.49. The third kappa shape index (κ3) is 4.03. The molecule has 1 aliphatic rings. The number of nitro benzene ring substituents is 1. The fourth-order valence-electron chi connectivity index (χ4n) is 2.65. The van der Waals surface area contributed by atoms with E-state index in [9.17, 15) is 14.9 Å². The van der Waals surface area contributed by atoms with Crippen LogP contribution < -0.4 is 4.74 Å². The molecule has 138 valence electrons. The van der Waals surface area contributed by atoms with E-state index in [1.807, 2.05) is 31.2 Å². The van der Waals surface area contributed by atoms with Crippen LogP contribution in [0.25, 0.3) is 6.08 Å². The minimum absolute atomic E-state index is 0.0514. The quantitative estimate of drug-likeness (QED) is 0.333. The first-order valence-electron chi connectivity index (χ1n) is 8.49. The van der Waals surface area contributed by atoms with Gasteiger partial charge in [0.15, 0.2) is 5.70 Å². The van der Waals surface area contributed by atoms with Crippen molar-refractivity contribution in [1.82, 2.24) is 0 Å². The normalized spacial score (nSPS) is 14.8. The van der Waals surface area contributed by atoms with Gasteiger partial charge in [0.05, 0.1) is 11.5 Å². The summed E-state index contributed by atoms with van der Waals surface area (Å²) in [5.74, 6) is 0.165. The molecule has 0 aliphatic carbocycles. The largest absolute Gasteiger partial charge is 0.494 e. The molecule has 0 N–H and O–H groups in total. The lowest BCUT2D eigenvalue weighted by atomic mass is 10.1. The number of nitro groups is 1. The Morgan fingerprint density at radius 1 is 1.26 bits per heavy atom. The number of ether oxygens (including phenoxy) is 2. The van der Waals surface area contributed by atoms with Crippen molar-refractivity contribution in [2.75, 3.05) is 6.61 Å². The zero-order valence-corrected chi connectivity index (χ0v) is 15.0. The maximum Gasteiger partial charge on any atom is 0.363 e. The summed E-state index contributed by atoms with van der Waals surface area (Å²) in [7, 11) is 0. The molecule has 3 rings (SSSR count). The number of cyclic esters (lactones) is 1. The van der Waals surface area contributed by atoms with Gasteiger partial charge in [-0.15, -0.1) is 0 Å². The molecule has 1 aliphatic heterocycles. The van der Waals surface area contributed by atoms with E-state index in [4.69, 9.17) is 9.47 Å². The number of carbonyl (C=O) groups excluding carboxylic acids is 1. The standard InChI is InChI=1S/C20H18N2O5/c1-3-10-26-15-7-4-6-14(11-15)12-17-20(23)27-19(21-17)16-8-5-9-18(13(16)2)22(24)25/h4-9,11-12H,3,10H2,1-2H3/b17-12-. The van der Waals surface area contributed by atoms with Gasteiger partial charge in [0.2, 0.25) is 5.90 Å². The average molecular weight is 366 g/mol. The van der Waals surface area contributed by atoms with Gasteiger partial charge in [0.25, 0.3) is 5.69 Å². The van der Waals surface area contributed by atoms with Gasteiger partial charge in [0, 0.05) is 17.2 Å². The van der Waals surface area contributed by atoms with Crippen LogP contribution in [0.4, 0.5) is 5.69 Å². The van der Waals surface area contributed by atoms with Crippen LogP contribution in [0.15, 0.2) is 53.2 Å². The first kappa shape index (κ1) is 18.3. The maximum atomic E-state index is 12.2. The molecule has 0 fully saturated rings. The minimum Gasteiger partial charge on any atom is -0.494 e. The lowest BCUT2D eigenvalue weighted by Crippen LogP contribution is -2.08. The number of carbonyl (C=O) groups is 1. The number of benzene rings is 2. The molecule has 0 spiro atoms. The number of nitrogens with zero attached hydrogens (tertiary/aromatic N) is 2. The monoisotopic (exact) mass is 366 g/mol. The van der Waals surface area contributed by atoms with Gasteiger partial charge in [0.1, 0.15) is 5.75 Å². The van der Waals surface area contributed by atoms with Crippen LogP contribution in [0.2, 0.25) is 0 Å². The van der Waals surface area contributed by atoms with Gasteiger partial charge in [-0.3, -0.25) is 10.1 Å². The van der Waals surface area contributed by atoms with Crippen LogP contribution in [-0.4, -0.2) is 23.4 Å². The SMILES string of the molecule is CCCOc1cccc(/C=C2\N=C(c3cccc([N+](=O)[O-])c3C)OC2=O)c1. The summed E-state index contributed by atoms with van der Waals surface area (Å²) in [6.45, 7) is 4.23. The van der Waals surface area contributed by atoms with E-state index in [1.54, 1.807) is 19.1 Å². The van der Waals surface area contributed by atoms with Crippen molar-refractivity contribution in [3.05, 3.63) is 75.0 Å².